The van der Waals surface area contributed by atoms with Crippen molar-refractivity contribution in [2.75, 3.05) is 0 Å². The molecule has 2 aromatic carbocycles. The van der Waals surface area contributed by atoms with Gasteiger partial charge in [-0.1, -0.05) is 54.6 Å². The zero-order valence-electron chi connectivity index (χ0n) is 15.1. The summed E-state index contributed by atoms with van der Waals surface area (Å²) in [7, 11) is 0. The number of rotatable bonds is 3. The number of aromatic nitrogens is 2. The SMILES string of the molecule is O=c1c2ccccc2nc(C2CCCCC2)n1N=Cc1cc(Cl)c(O)c(Cl)c1. The summed E-state index contributed by atoms with van der Waals surface area (Å²) in [5, 5.41) is 14.9. The lowest BCUT2D eigenvalue weighted by Crippen LogP contribution is -2.25. The molecule has 1 aliphatic carbocycles. The smallest absolute Gasteiger partial charge is 0.282 e. The van der Waals surface area contributed by atoms with Gasteiger partial charge in [-0.25, -0.2) is 4.98 Å². The Morgan fingerprint density at radius 2 is 1.79 bits per heavy atom. The number of hydrogen-bond acceptors (Lipinski definition) is 4. The summed E-state index contributed by atoms with van der Waals surface area (Å²) >= 11 is 12.0. The molecule has 7 heteroatoms. The molecule has 0 unspecified atom stereocenters. The molecule has 0 bridgehead atoms. The van der Waals surface area contributed by atoms with Crippen molar-refractivity contribution in [1.82, 2.24) is 9.66 Å². The van der Waals surface area contributed by atoms with Gasteiger partial charge in [-0.2, -0.15) is 9.78 Å². The molecule has 0 atom stereocenters. The van der Waals surface area contributed by atoms with E-state index in [1.165, 1.54) is 17.3 Å². The minimum absolute atomic E-state index is 0.130. The first kappa shape index (κ1) is 19.0. The van der Waals surface area contributed by atoms with E-state index in [4.69, 9.17) is 28.2 Å². The van der Waals surface area contributed by atoms with Gasteiger partial charge in [-0.15, -0.1) is 0 Å². The summed E-state index contributed by atoms with van der Waals surface area (Å²) in [6.07, 6.45) is 6.97. The summed E-state index contributed by atoms with van der Waals surface area (Å²) in [4.78, 5) is 17.9. The van der Waals surface area contributed by atoms with E-state index < -0.39 is 0 Å². The van der Waals surface area contributed by atoms with E-state index in [1.807, 2.05) is 18.2 Å². The van der Waals surface area contributed by atoms with Gasteiger partial charge in [0, 0.05) is 5.92 Å². The van der Waals surface area contributed by atoms with Crippen molar-refractivity contribution in [1.29, 1.82) is 0 Å². The minimum atomic E-state index is -0.196. The molecule has 1 aliphatic rings. The number of phenolic OH excluding ortho intramolecular Hbond substituents is 1. The molecular formula is C21H19Cl2N3O2. The van der Waals surface area contributed by atoms with Crippen molar-refractivity contribution in [2.45, 2.75) is 38.0 Å². The Morgan fingerprint density at radius 3 is 2.50 bits per heavy atom. The molecule has 1 fully saturated rings. The molecule has 4 rings (SSSR count). The van der Waals surface area contributed by atoms with E-state index in [2.05, 4.69) is 5.10 Å². The van der Waals surface area contributed by atoms with Crippen molar-refractivity contribution in [3.63, 3.8) is 0 Å². The standard InChI is InChI=1S/C21H19Cl2N3O2/c22-16-10-13(11-17(23)19(16)27)12-24-26-20(14-6-2-1-3-7-14)25-18-9-5-4-8-15(18)21(26)28/h4-5,8-12,14,27H,1-3,6-7H2. The highest BCUT2D eigenvalue weighted by Crippen LogP contribution is 2.33. The van der Waals surface area contributed by atoms with Crippen LogP contribution < -0.4 is 5.56 Å². The third kappa shape index (κ3) is 3.64. The van der Waals surface area contributed by atoms with Crippen molar-refractivity contribution >= 4 is 40.3 Å². The molecule has 5 nitrogen and oxygen atoms in total. The first-order valence-corrected chi connectivity index (χ1v) is 10.0. The molecule has 144 valence electrons. The molecule has 0 radical (unpaired) electrons. The van der Waals surface area contributed by atoms with Gasteiger partial charge in [0.2, 0.25) is 0 Å². The first-order valence-electron chi connectivity index (χ1n) is 9.28. The second-order valence-electron chi connectivity index (χ2n) is 7.02. The van der Waals surface area contributed by atoms with Crippen LogP contribution in [-0.4, -0.2) is 21.0 Å². The lowest BCUT2D eigenvalue weighted by atomic mass is 9.88. The van der Waals surface area contributed by atoms with Gasteiger partial charge in [0.15, 0.2) is 5.75 Å². The summed E-state index contributed by atoms with van der Waals surface area (Å²) < 4.78 is 1.40. The maximum absolute atomic E-state index is 13.1. The molecule has 0 saturated heterocycles. The highest BCUT2D eigenvalue weighted by molar-refractivity contribution is 6.37. The Labute approximate surface area is 172 Å². The number of para-hydroxylation sites is 1. The van der Waals surface area contributed by atoms with Gasteiger partial charge < -0.3 is 5.11 Å². The zero-order valence-corrected chi connectivity index (χ0v) is 16.6. The Kier molecular flexibility index (Phi) is 5.38. The van der Waals surface area contributed by atoms with Gasteiger partial charge in [-0.05, 0) is 42.7 Å². The number of phenols is 1. The molecule has 0 amide bonds. The predicted octanol–water partition coefficient (Wildman–Crippen LogP) is 5.34. The number of fused-ring (bicyclic) bond motifs is 1. The van der Waals surface area contributed by atoms with Crippen molar-refractivity contribution in [3.8, 4) is 5.75 Å². The van der Waals surface area contributed by atoms with Crippen LogP contribution in [0.2, 0.25) is 10.0 Å². The molecule has 0 aliphatic heterocycles. The average Bonchev–Trinajstić information content (AvgIpc) is 2.72. The highest BCUT2D eigenvalue weighted by Gasteiger charge is 2.22. The van der Waals surface area contributed by atoms with Crippen LogP contribution in [0.25, 0.3) is 10.9 Å². The number of hydrogen-bond donors (Lipinski definition) is 1. The second-order valence-corrected chi connectivity index (χ2v) is 7.83. The van der Waals surface area contributed by atoms with Crippen LogP contribution in [0.4, 0.5) is 0 Å². The van der Waals surface area contributed by atoms with Crippen LogP contribution in [0, 0.1) is 0 Å². The Morgan fingerprint density at radius 1 is 1.11 bits per heavy atom. The number of halogens is 2. The van der Waals surface area contributed by atoms with Crippen LogP contribution >= 0.6 is 23.2 Å². The minimum Gasteiger partial charge on any atom is -0.505 e. The molecule has 1 aromatic heterocycles. The van der Waals surface area contributed by atoms with Crippen LogP contribution in [0.15, 0.2) is 46.3 Å². The molecule has 1 N–H and O–H groups in total. The number of nitrogens with zero attached hydrogens (tertiary/aromatic N) is 3. The lowest BCUT2D eigenvalue weighted by Gasteiger charge is -2.22. The molecule has 1 heterocycles. The normalized spacial score (nSPS) is 15.5. The average molecular weight is 416 g/mol. The molecule has 3 aromatic rings. The Bertz CT molecular complexity index is 1100. The van der Waals surface area contributed by atoms with E-state index >= 15 is 0 Å². The number of aromatic hydroxyl groups is 1. The van der Waals surface area contributed by atoms with E-state index in [-0.39, 0.29) is 27.3 Å². The number of benzene rings is 2. The Balaban J connectivity index is 1.84. The van der Waals surface area contributed by atoms with E-state index in [9.17, 15) is 9.90 Å². The van der Waals surface area contributed by atoms with E-state index in [0.717, 1.165) is 25.7 Å². The summed E-state index contributed by atoms with van der Waals surface area (Å²) in [6, 6.07) is 10.4. The van der Waals surface area contributed by atoms with Crippen molar-refractivity contribution in [2.24, 2.45) is 5.10 Å². The third-order valence-electron chi connectivity index (χ3n) is 5.11. The quantitative estimate of drug-likeness (QED) is 0.586. The molecule has 28 heavy (non-hydrogen) atoms. The molecular weight excluding hydrogens is 397 g/mol. The van der Waals surface area contributed by atoms with Gasteiger partial charge in [0.1, 0.15) is 5.82 Å². The fourth-order valence-corrected chi connectivity index (χ4v) is 4.17. The van der Waals surface area contributed by atoms with Crippen LogP contribution in [0.5, 0.6) is 5.75 Å². The third-order valence-corrected chi connectivity index (χ3v) is 5.69. The fraction of sp³-hybridized carbons (Fsp3) is 0.286. The van der Waals surface area contributed by atoms with Crippen molar-refractivity contribution in [3.05, 3.63) is 68.2 Å². The second kappa shape index (κ2) is 7.94. The molecule has 1 saturated carbocycles. The van der Waals surface area contributed by atoms with Gasteiger partial charge in [0.25, 0.3) is 5.56 Å². The van der Waals surface area contributed by atoms with Gasteiger partial charge in [-0.3, -0.25) is 4.79 Å². The Hall–Kier alpha value is -2.37. The van der Waals surface area contributed by atoms with Crippen LogP contribution in [0.3, 0.4) is 0 Å². The predicted molar refractivity (Wildman–Crippen MR) is 113 cm³/mol. The maximum Gasteiger partial charge on any atom is 0.282 e. The zero-order chi connectivity index (χ0) is 19.7. The summed E-state index contributed by atoms with van der Waals surface area (Å²) in [5.74, 6) is 0.721. The monoisotopic (exact) mass is 415 g/mol. The lowest BCUT2D eigenvalue weighted by molar-refractivity contribution is 0.416. The summed E-state index contributed by atoms with van der Waals surface area (Å²) in [5.41, 5.74) is 1.08. The van der Waals surface area contributed by atoms with Gasteiger partial charge >= 0.3 is 0 Å². The fourth-order valence-electron chi connectivity index (χ4n) is 3.66. The van der Waals surface area contributed by atoms with Crippen LogP contribution in [0.1, 0.15) is 49.4 Å². The van der Waals surface area contributed by atoms with Gasteiger partial charge in [0.05, 0.1) is 27.2 Å². The largest absolute Gasteiger partial charge is 0.505 e. The highest BCUT2D eigenvalue weighted by atomic mass is 35.5. The summed E-state index contributed by atoms with van der Waals surface area (Å²) in [6.45, 7) is 0. The molecule has 0 spiro atoms. The maximum atomic E-state index is 13.1. The first-order chi connectivity index (χ1) is 13.5. The van der Waals surface area contributed by atoms with Crippen molar-refractivity contribution < 1.29 is 5.11 Å². The van der Waals surface area contributed by atoms with E-state index in [1.54, 1.807) is 18.2 Å². The van der Waals surface area contributed by atoms with Crippen LogP contribution in [-0.2, 0) is 0 Å². The van der Waals surface area contributed by atoms with E-state index in [0.29, 0.717) is 22.3 Å². The topological polar surface area (TPSA) is 67.5 Å².